The summed E-state index contributed by atoms with van der Waals surface area (Å²) in [5, 5.41) is 0.998. The molecule has 0 atom stereocenters. The summed E-state index contributed by atoms with van der Waals surface area (Å²) in [6.07, 6.45) is 6.54. The van der Waals surface area contributed by atoms with E-state index >= 15 is 0 Å². The number of carbonyl (C=O) groups excluding carboxylic acids is 1. The van der Waals surface area contributed by atoms with Gasteiger partial charge in [-0.1, -0.05) is 6.92 Å². The number of amides is 1. The van der Waals surface area contributed by atoms with Crippen LogP contribution in [0.5, 0.6) is 0 Å². The van der Waals surface area contributed by atoms with Gasteiger partial charge in [0, 0.05) is 30.3 Å². The smallest absolute Gasteiger partial charge is 0.285 e. The Morgan fingerprint density at radius 1 is 1.45 bits per heavy atom. The van der Waals surface area contributed by atoms with E-state index in [-0.39, 0.29) is 5.91 Å². The molecule has 3 rings (SSSR count). The summed E-state index contributed by atoms with van der Waals surface area (Å²) in [4.78, 5) is 25.6. The molecule has 2 aromatic rings. The monoisotopic (exact) mass is 289 g/mol. The van der Waals surface area contributed by atoms with E-state index in [2.05, 4.69) is 20.4 Å². The Labute approximate surface area is 120 Å². The molecule has 0 spiro atoms. The van der Waals surface area contributed by atoms with Gasteiger partial charge in [0.05, 0.1) is 9.88 Å². The van der Waals surface area contributed by atoms with Gasteiger partial charge in [0.25, 0.3) is 5.91 Å². The number of hydrogen-bond donors (Lipinski definition) is 2. The largest absolute Gasteiger partial charge is 0.289 e. The summed E-state index contributed by atoms with van der Waals surface area (Å²) in [6, 6.07) is 0. The maximum Gasteiger partial charge on any atom is 0.285 e. The van der Waals surface area contributed by atoms with Gasteiger partial charge in [-0.2, -0.15) is 0 Å². The zero-order valence-corrected chi connectivity index (χ0v) is 11.9. The Hall–Kier alpha value is -1.86. The van der Waals surface area contributed by atoms with Gasteiger partial charge in [0.2, 0.25) is 0 Å². The van der Waals surface area contributed by atoms with Crippen molar-refractivity contribution in [2.24, 2.45) is 5.84 Å². The quantitative estimate of drug-likeness (QED) is 0.507. The summed E-state index contributed by atoms with van der Waals surface area (Å²) in [6.45, 7) is 2.00. The molecule has 0 saturated heterocycles. The number of nitrogens with zero attached hydrogens (tertiary/aromatic N) is 3. The number of aryl methyl sites for hydroxylation is 1. The number of carbonyl (C=O) groups is 1. The normalized spacial score (nSPS) is 14.3. The highest BCUT2D eigenvalue weighted by Gasteiger charge is 2.30. The van der Waals surface area contributed by atoms with E-state index in [4.69, 9.17) is 5.84 Å². The van der Waals surface area contributed by atoms with Gasteiger partial charge in [-0.3, -0.25) is 10.2 Å². The Kier molecular flexibility index (Phi) is 3.45. The molecule has 0 aliphatic heterocycles. The van der Waals surface area contributed by atoms with E-state index in [0.717, 1.165) is 40.5 Å². The minimum atomic E-state index is -0.372. The second-order valence-electron chi connectivity index (χ2n) is 4.72. The third-order valence-corrected chi connectivity index (χ3v) is 4.47. The SMILES string of the molecule is CCc1ncc(-c2sc(C3CC3)nc2C(=O)NN)cn1. The van der Waals surface area contributed by atoms with Crippen molar-refractivity contribution in [3.8, 4) is 10.4 Å². The van der Waals surface area contributed by atoms with Crippen LogP contribution < -0.4 is 11.3 Å². The molecule has 3 N–H and O–H groups in total. The number of aromatic nitrogens is 3. The van der Waals surface area contributed by atoms with Crippen LogP contribution >= 0.6 is 11.3 Å². The van der Waals surface area contributed by atoms with Gasteiger partial charge in [0.15, 0.2) is 0 Å². The zero-order chi connectivity index (χ0) is 14.1. The number of hydrazine groups is 1. The zero-order valence-electron chi connectivity index (χ0n) is 11.1. The topological polar surface area (TPSA) is 93.8 Å². The van der Waals surface area contributed by atoms with Gasteiger partial charge < -0.3 is 0 Å². The first-order valence-corrected chi connectivity index (χ1v) is 7.37. The van der Waals surface area contributed by atoms with Crippen molar-refractivity contribution in [3.63, 3.8) is 0 Å². The summed E-state index contributed by atoms with van der Waals surface area (Å²) >= 11 is 1.53. The maximum absolute atomic E-state index is 11.9. The van der Waals surface area contributed by atoms with Crippen molar-refractivity contribution in [1.82, 2.24) is 20.4 Å². The number of nitrogen functional groups attached to an aromatic ring is 1. The van der Waals surface area contributed by atoms with Gasteiger partial charge in [-0.15, -0.1) is 11.3 Å². The lowest BCUT2D eigenvalue weighted by atomic mass is 10.2. The molecule has 1 aliphatic carbocycles. The summed E-state index contributed by atoms with van der Waals surface area (Å²) in [5.41, 5.74) is 3.33. The second-order valence-corrected chi connectivity index (χ2v) is 5.75. The lowest BCUT2D eigenvalue weighted by Crippen LogP contribution is -2.30. The Morgan fingerprint density at radius 3 is 2.70 bits per heavy atom. The highest BCUT2D eigenvalue weighted by molar-refractivity contribution is 7.15. The lowest BCUT2D eigenvalue weighted by molar-refractivity contribution is 0.0950. The molecule has 7 heteroatoms. The maximum atomic E-state index is 11.9. The van der Waals surface area contributed by atoms with Crippen molar-refractivity contribution in [3.05, 3.63) is 28.9 Å². The predicted molar refractivity (Wildman–Crippen MR) is 76.1 cm³/mol. The van der Waals surface area contributed by atoms with Crippen molar-refractivity contribution in [2.45, 2.75) is 32.1 Å². The van der Waals surface area contributed by atoms with Crippen LogP contribution in [0.1, 0.15) is 47.0 Å². The Balaban J connectivity index is 2.03. The van der Waals surface area contributed by atoms with Gasteiger partial charge in [-0.05, 0) is 12.8 Å². The average Bonchev–Trinajstić information content (AvgIpc) is 3.25. The molecule has 0 unspecified atom stereocenters. The number of nitrogens with one attached hydrogen (secondary N) is 1. The van der Waals surface area contributed by atoms with E-state index in [1.165, 1.54) is 11.3 Å². The van der Waals surface area contributed by atoms with Gasteiger partial charge >= 0.3 is 0 Å². The summed E-state index contributed by atoms with van der Waals surface area (Å²) in [5.74, 6) is 6.14. The molecule has 1 saturated carbocycles. The molecule has 0 bridgehead atoms. The molecule has 1 fully saturated rings. The van der Waals surface area contributed by atoms with Crippen LogP contribution in [-0.2, 0) is 6.42 Å². The first kappa shape index (κ1) is 13.1. The van der Waals surface area contributed by atoms with Gasteiger partial charge in [0.1, 0.15) is 11.5 Å². The molecule has 20 heavy (non-hydrogen) atoms. The molecule has 104 valence electrons. The molecule has 2 heterocycles. The molecule has 2 aromatic heterocycles. The number of hydrogen-bond acceptors (Lipinski definition) is 6. The Morgan fingerprint density at radius 2 is 2.15 bits per heavy atom. The third-order valence-electron chi connectivity index (χ3n) is 3.20. The first-order chi connectivity index (χ1) is 9.72. The average molecular weight is 289 g/mol. The van der Waals surface area contributed by atoms with Crippen molar-refractivity contribution >= 4 is 17.2 Å². The number of nitrogens with two attached hydrogens (primary N) is 1. The molecule has 1 aliphatic rings. The fourth-order valence-corrected chi connectivity index (χ4v) is 3.12. The van der Waals surface area contributed by atoms with Crippen LogP contribution in [-0.4, -0.2) is 20.9 Å². The number of rotatable bonds is 4. The standard InChI is InChI=1S/C13H15N5OS/c1-2-9-15-5-8(6-16-9)11-10(12(19)18-14)17-13(20-11)7-3-4-7/h5-7H,2-4,14H2,1H3,(H,18,19). The Bertz CT molecular complexity index is 633. The van der Waals surface area contributed by atoms with Crippen LogP contribution in [0.25, 0.3) is 10.4 Å². The summed E-state index contributed by atoms with van der Waals surface area (Å²) < 4.78 is 0. The highest BCUT2D eigenvalue weighted by Crippen LogP contribution is 2.44. The van der Waals surface area contributed by atoms with Crippen molar-refractivity contribution in [2.75, 3.05) is 0 Å². The molecular weight excluding hydrogens is 274 g/mol. The minimum Gasteiger partial charge on any atom is -0.289 e. The van der Waals surface area contributed by atoms with E-state index in [1.54, 1.807) is 12.4 Å². The fraction of sp³-hybridized carbons (Fsp3) is 0.385. The first-order valence-electron chi connectivity index (χ1n) is 6.56. The highest BCUT2D eigenvalue weighted by atomic mass is 32.1. The fourth-order valence-electron chi connectivity index (χ4n) is 1.91. The lowest BCUT2D eigenvalue weighted by Gasteiger charge is -2.01. The van der Waals surface area contributed by atoms with Crippen LogP contribution in [0.3, 0.4) is 0 Å². The molecule has 0 aromatic carbocycles. The van der Waals surface area contributed by atoms with Crippen LogP contribution in [0.2, 0.25) is 0 Å². The predicted octanol–water partition coefficient (Wildman–Crippen LogP) is 1.64. The molecular formula is C13H15N5OS. The van der Waals surface area contributed by atoms with Crippen LogP contribution in [0.15, 0.2) is 12.4 Å². The summed E-state index contributed by atoms with van der Waals surface area (Å²) in [7, 11) is 0. The van der Waals surface area contributed by atoms with Gasteiger partial charge in [-0.25, -0.2) is 20.8 Å². The second kappa shape index (κ2) is 5.26. The van der Waals surface area contributed by atoms with Crippen molar-refractivity contribution in [1.29, 1.82) is 0 Å². The van der Waals surface area contributed by atoms with E-state index in [9.17, 15) is 4.79 Å². The molecule has 6 nitrogen and oxygen atoms in total. The van der Waals surface area contributed by atoms with E-state index in [1.807, 2.05) is 6.92 Å². The van der Waals surface area contributed by atoms with E-state index in [0.29, 0.717) is 11.6 Å². The minimum absolute atomic E-state index is 0.368. The molecule has 0 radical (unpaired) electrons. The third kappa shape index (κ3) is 2.41. The number of thiazole rings is 1. The van der Waals surface area contributed by atoms with Crippen molar-refractivity contribution < 1.29 is 4.79 Å². The van der Waals surface area contributed by atoms with E-state index < -0.39 is 0 Å². The molecule has 1 amide bonds. The van der Waals surface area contributed by atoms with Crippen LogP contribution in [0, 0.1) is 0 Å². The van der Waals surface area contributed by atoms with Crippen LogP contribution in [0.4, 0.5) is 0 Å².